The average Bonchev–Trinajstić information content (AvgIpc) is 2.55. The molecule has 0 aromatic heterocycles. The molecule has 1 rings (SSSR count). The number of ether oxygens (including phenoxy) is 1. The summed E-state index contributed by atoms with van der Waals surface area (Å²) in [5, 5.41) is 11.0. The maximum atomic E-state index is 13.2. The van der Waals surface area contributed by atoms with Crippen LogP contribution in [0.4, 0.5) is 10.1 Å². The van der Waals surface area contributed by atoms with Gasteiger partial charge in [-0.1, -0.05) is 6.92 Å². The Morgan fingerprint density at radius 3 is 2.52 bits per heavy atom. The third kappa shape index (κ3) is 7.16. The maximum Gasteiger partial charge on any atom is 0.326 e. The number of carbonyl (C=O) groups is 2. The first-order valence-corrected chi connectivity index (χ1v) is 8.59. The number of nitro benzene ring substituents is 1. The molecule has 0 aliphatic rings. The lowest BCUT2D eigenvalue weighted by Gasteiger charge is -2.28. The molecule has 1 aromatic carbocycles. The zero-order valence-corrected chi connectivity index (χ0v) is 16.2. The number of hydrogen-bond donors (Lipinski definition) is 0. The molecule has 0 radical (unpaired) electrons. The summed E-state index contributed by atoms with van der Waals surface area (Å²) in [5.74, 6) is -1.78. The number of benzene rings is 1. The van der Waals surface area contributed by atoms with Crippen molar-refractivity contribution >= 4 is 23.6 Å². The number of nitro groups is 1. The first-order chi connectivity index (χ1) is 12.4. The Hall–Kier alpha value is -2.77. The number of rotatable bonds is 7. The second-order valence-corrected chi connectivity index (χ2v) is 7.10. The van der Waals surface area contributed by atoms with Crippen molar-refractivity contribution in [3.05, 3.63) is 45.8 Å². The zero-order chi connectivity index (χ0) is 20.8. The highest BCUT2D eigenvalue weighted by atomic mass is 19.1. The zero-order valence-electron chi connectivity index (χ0n) is 16.2. The molecule has 0 aliphatic heterocycles. The third-order valence-electron chi connectivity index (χ3n) is 3.72. The minimum Gasteiger partial charge on any atom is -0.459 e. The first-order valence-electron chi connectivity index (χ1n) is 8.59. The van der Waals surface area contributed by atoms with Gasteiger partial charge < -0.3 is 9.64 Å². The minimum absolute atomic E-state index is 0.0936. The number of nitrogens with zero attached hydrogens (tertiary/aromatic N) is 2. The van der Waals surface area contributed by atoms with E-state index >= 15 is 0 Å². The van der Waals surface area contributed by atoms with Gasteiger partial charge in [0.2, 0.25) is 5.91 Å². The summed E-state index contributed by atoms with van der Waals surface area (Å²) in [6, 6.07) is 2.85. The Morgan fingerprint density at radius 2 is 2.00 bits per heavy atom. The van der Waals surface area contributed by atoms with Gasteiger partial charge >= 0.3 is 5.97 Å². The van der Waals surface area contributed by atoms with Gasteiger partial charge in [0.05, 0.1) is 16.6 Å². The van der Waals surface area contributed by atoms with E-state index in [-0.39, 0.29) is 18.2 Å². The highest BCUT2D eigenvalue weighted by molar-refractivity contribution is 5.94. The maximum absolute atomic E-state index is 13.2. The lowest BCUT2D eigenvalue weighted by Crippen LogP contribution is -2.42. The third-order valence-corrected chi connectivity index (χ3v) is 3.72. The van der Waals surface area contributed by atoms with E-state index < -0.39 is 33.9 Å². The molecule has 1 atom stereocenters. The summed E-state index contributed by atoms with van der Waals surface area (Å²) in [6.07, 6.45) is 2.99. The minimum atomic E-state index is -0.740. The highest BCUT2D eigenvalue weighted by Crippen LogP contribution is 2.21. The lowest BCUT2D eigenvalue weighted by atomic mass is 10.1. The molecule has 8 heteroatoms. The van der Waals surface area contributed by atoms with Crippen molar-refractivity contribution in [1.29, 1.82) is 0 Å². The van der Waals surface area contributed by atoms with Gasteiger partial charge in [-0.05, 0) is 52.3 Å². The van der Waals surface area contributed by atoms with E-state index in [9.17, 15) is 24.1 Å². The summed E-state index contributed by atoms with van der Waals surface area (Å²) in [5.41, 5.74) is -1.02. The van der Waals surface area contributed by atoms with Crippen molar-refractivity contribution in [3.8, 4) is 0 Å². The van der Waals surface area contributed by atoms with Crippen LogP contribution >= 0.6 is 0 Å². The van der Waals surface area contributed by atoms with Gasteiger partial charge in [0.25, 0.3) is 5.69 Å². The van der Waals surface area contributed by atoms with Gasteiger partial charge in [-0.25, -0.2) is 4.39 Å². The van der Waals surface area contributed by atoms with Crippen LogP contribution in [0, 0.1) is 15.9 Å². The van der Waals surface area contributed by atoms with Crippen LogP contribution in [0.3, 0.4) is 0 Å². The second-order valence-electron chi connectivity index (χ2n) is 7.10. The molecule has 1 amide bonds. The largest absolute Gasteiger partial charge is 0.459 e. The number of amides is 1. The Morgan fingerprint density at radius 1 is 1.37 bits per heavy atom. The summed E-state index contributed by atoms with van der Waals surface area (Å²) in [6.45, 7) is 8.61. The van der Waals surface area contributed by atoms with E-state index in [1.165, 1.54) is 17.0 Å². The fourth-order valence-corrected chi connectivity index (χ4v) is 2.26. The van der Waals surface area contributed by atoms with Crippen LogP contribution in [0.2, 0.25) is 0 Å². The summed E-state index contributed by atoms with van der Waals surface area (Å²) in [4.78, 5) is 36.3. The predicted molar refractivity (Wildman–Crippen MR) is 99.4 cm³/mol. The molecule has 1 aromatic rings. The average molecular weight is 380 g/mol. The van der Waals surface area contributed by atoms with Crippen LogP contribution < -0.4 is 0 Å². The SMILES string of the molecule is CCC(C)N(CC(=O)OC(C)(C)C)C(=O)/C=C/c1ccc(F)cc1[N+](=O)[O-]. The molecule has 0 spiro atoms. The smallest absolute Gasteiger partial charge is 0.326 e. The van der Waals surface area contributed by atoms with Gasteiger partial charge in [-0.2, -0.15) is 0 Å². The van der Waals surface area contributed by atoms with Crippen molar-refractivity contribution in [3.63, 3.8) is 0 Å². The molecule has 27 heavy (non-hydrogen) atoms. The van der Waals surface area contributed by atoms with E-state index in [1.54, 1.807) is 27.7 Å². The van der Waals surface area contributed by atoms with Crippen molar-refractivity contribution in [2.75, 3.05) is 6.54 Å². The van der Waals surface area contributed by atoms with Crippen LogP contribution in [0.1, 0.15) is 46.6 Å². The number of carbonyl (C=O) groups excluding carboxylic acids is 2. The Labute approximate surface area is 158 Å². The van der Waals surface area contributed by atoms with E-state index in [0.29, 0.717) is 6.42 Å². The van der Waals surface area contributed by atoms with Gasteiger partial charge in [-0.15, -0.1) is 0 Å². The second kappa shape index (κ2) is 9.25. The van der Waals surface area contributed by atoms with Gasteiger partial charge in [0.1, 0.15) is 18.0 Å². The monoisotopic (exact) mass is 380 g/mol. The van der Waals surface area contributed by atoms with Crippen molar-refractivity contribution in [2.24, 2.45) is 0 Å². The van der Waals surface area contributed by atoms with Gasteiger partial charge in [0, 0.05) is 12.1 Å². The summed E-state index contributed by atoms with van der Waals surface area (Å²) in [7, 11) is 0. The summed E-state index contributed by atoms with van der Waals surface area (Å²) < 4.78 is 18.5. The van der Waals surface area contributed by atoms with Crippen molar-refractivity contribution in [2.45, 2.75) is 52.7 Å². The molecule has 0 saturated carbocycles. The molecule has 0 heterocycles. The molecule has 0 fully saturated rings. The van der Waals surface area contributed by atoms with Gasteiger partial charge in [0.15, 0.2) is 0 Å². The topological polar surface area (TPSA) is 89.8 Å². The quantitative estimate of drug-likeness (QED) is 0.311. The molecule has 0 aliphatic carbocycles. The van der Waals surface area contributed by atoms with Crippen LogP contribution in [0.25, 0.3) is 6.08 Å². The number of hydrogen-bond acceptors (Lipinski definition) is 5. The summed E-state index contributed by atoms with van der Waals surface area (Å²) >= 11 is 0. The van der Waals surface area contributed by atoms with E-state index in [1.807, 2.05) is 6.92 Å². The van der Waals surface area contributed by atoms with E-state index in [4.69, 9.17) is 4.74 Å². The Balaban J connectivity index is 3.02. The molecule has 148 valence electrons. The van der Waals surface area contributed by atoms with Crippen LogP contribution in [-0.2, 0) is 14.3 Å². The van der Waals surface area contributed by atoms with Crippen LogP contribution in [0.5, 0.6) is 0 Å². The van der Waals surface area contributed by atoms with Crippen LogP contribution in [0.15, 0.2) is 24.3 Å². The standard InChI is InChI=1S/C19H25FN2O5/c1-6-13(2)21(12-18(24)27-19(3,4)5)17(23)10-8-14-7-9-15(20)11-16(14)22(25)26/h7-11,13H,6,12H2,1-5H3/b10-8+. The molecule has 1 unspecified atom stereocenters. The van der Waals surface area contributed by atoms with Gasteiger partial charge in [-0.3, -0.25) is 19.7 Å². The first kappa shape index (κ1) is 22.3. The van der Waals surface area contributed by atoms with E-state index in [0.717, 1.165) is 18.2 Å². The fraction of sp³-hybridized carbons (Fsp3) is 0.474. The van der Waals surface area contributed by atoms with Crippen molar-refractivity contribution < 1.29 is 23.6 Å². The Bertz CT molecular complexity index is 740. The molecule has 0 bridgehead atoms. The van der Waals surface area contributed by atoms with E-state index in [2.05, 4.69) is 0 Å². The lowest BCUT2D eigenvalue weighted by molar-refractivity contribution is -0.385. The predicted octanol–water partition coefficient (Wildman–Crippen LogP) is 3.72. The fourth-order valence-electron chi connectivity index (χ4n) is 2.26. The molecule has 0 saturated heterocycles. The number of esters is 1. The molecule has 0 N–H and O–H groups in total. The number of halogens is 1. The molecular weight excluding hydrogens is 355 g/mol. The normalized spacial score (nSPS) is 12.7. The van der Waals surface area contributed by atoms with Crippen molar-refractivity contribution in [1.82, 2.24) is 4.90 Å². The highest BCUT2D eigenvalue weighted by Gasteiger charge is 2.24. The molecule has 7 nitrogen and oxygen atoms in total. The van der Waals surface area contributed by atoms with Crippen LogP contribution in [-0.4, -0.2) is 39.9 Å². The molecular formula is C19H25FN2O5. The Kier molecular flexibility index (Phi) is 7.63.